The van der Waals surface area contributed by atoms with Crippen LogP contribution in [0, 0.1) is 5.92 Å². The molecule has 2 unspecified atom stereocenters. The predicted molar refractivity (Wildman–Crippen MR) is 98.6 cm³/mol. The predicted octanol–water partition coefficient (Wildman–Crippen LogP) is 2.23. The highest BCUT2D eigenvalue weighted by molar-refractivity contribution is 7.19. The number of ether oxygens (including phenoxy) is 1. The molecule has 2 aromatic rings. The number of hydrogen-bond donors (Lipinski definition) is 3. The number of carbonyl (C=O) groups is 1. The Morgan fingerprint density at radius 2 is 2.08 bits per heavy atom. The summed E-state index contributed by atoms with van der Waals surface area (Å²) in [6.07, 6.45) is 0.916. The van der Waals surface area contributed by atoms with Crippen molar-refractivity contribution in [3.63, 3.8) is 0 Å². The van der Waals surface area contributed by atoms with Crippen molar-refractivity contribution in [2.24, 2.45) is 11.7 Å². The lowest BCUT2D eigenvalue weighted by atomic mass is 9.92. The van der Waals surface area contributed by atoms with Crippen molar-refractivity contribution in [3.8, 4) is 0 Å². The lowest BCUT2D eigenvalue weighted by Crippen LogP contribution is -2.47. The monoisotopic (exact) mass is 370 g/mol. The molecular formula is C17H23ClN2O3S. The van der Waals surface area contributed by atoms with E-state index in [1.54, 1.807) is 11.3 Å². The molecular weight excluding hydrogens is 348 g/mol. The first-order valence-corrected chi connectivity index (χ1v) is 8.74. The standard InChI is InChI=1S/C17H22N2O3S.ClH/c18-16(11-5-7-22-8-6-11)17(21)19-10-13(20)15-9-12-3-1-2-4-14(12)23-15;/h1-4,9,11,13,16,20H,5-8,10,18H2,(H,19,21);1H. The Balaban J connectivity index is 0.00000208. The second-order valence-corrected chi connectivity index (χ2v) is 7.04. The molecule has 0 radical (unpaired) electrons. The lowest BCUT2D eigenvalue weighted by molar-refractivity contribution is -0.124. The van der Waals surface area contributed by atoms with E-state index in [1.807, 2.05) is 30.3 Å². The van der Waals surface area contributed by atoms with E-state index in [4.69, 9.17) is 10.5 Å². The summed E-state index contributed by atoms with van der Waals surface area (Å²) >= 11 is 1.54. The van der Waals surface area contributed by atoms with E-state index in [2.05, 4.69) is 5.32 Å². The van der Waals surface area contributed by atoms with Gasteiger partial charge in [-0.15, -0.1) is 23.7 Å². The van der Waals surface area contributed by atoms with Crippen LogP contribution in [0.2, 0.25) is 0 Å². The first-order valence-electron chi connectivity index (χ1n) is 7.92. The van der Waals surface area contributed by atoms with Crippen molar-refractivity contribution in [2.45, 2.75) is 25.0 Å². The molecule has 1 amide bonds. The molecule has 2 atom stereocenters. The van der Waals surface area contributed by atoms with Gasteiger partial charge in [0.15, 0.2) is 0 Å². The summed E-state index contributed by atoms with van der Waals surface area (Å²) in [6.45, 7) is 1.51. The number of rotatable bonds is 5. The van der Waals surface area contributed by atoms with Gasteiger partial charge in [0.05, 0.1) is 6.04 Å². The summed E-state index contributed by atoms with van der Waals surface area (Å²) in [5.74, 6) is -0.0396. The Labute approximate surface area is 151 Å². The maximum Gasteiger partial charge on any atom is 0.237 e. The molecule has 132 valence electrons. The summed E-state index contributed by atoms with van der Waals surface area (Å²) in [7, 11) is 0. The van der Waals surface area contributed by atoms with Crippen LogP contribution in [0.15, 0.2) is 30.3 Å². The van der Waals surface area contributed by atoms with Gasteiger partial charge in [0.2, 0.25) is 5.91 Å². The third kappa shape index (κ3) is 4.46. The molecule has 3 rings (SSSR count). The van der Waals surface area contributed by atoms with Gasteiger partial charge in [-0.2, -0.15) is 0 Å². The van der Waals surface area contributed by atoms with Gasteiger partial charge < -0.3 is 20.9 Å². The first kappa shape index (κ1) is 19.1. The first-order chi connectivity index (χ1) is 11.1. The third-order valence-electron chi connectivity index (χ3n) is 4.32. The number of benzene rings is 1. The van der Waals surface area contributed by atoms with Gasteiger partial charge in [-0.1, -0.05) is 18.2 Å². The van der Waals surface area contributed by atoms with Gasteiger partial charge in [-0.05, 0) is 36.3 Å². The van der Waals surface area contributed by atoms with Gasteiger partial charge in [-0.3, -0.25) is 4.79 Å². The van der Waals surface area contributed by atoms with Crippen molar-refractivity contribution < 1.29 is 14.6 Å². The molecule has 1 fully saturated rings. The summed E-state index contributed by atoms with van der Waals surface area (Å²) < 4.78 is 6.42. The highest BCUT2D eigenvalue weighted by Crippen LogP contribution is 2.29. The molecule has 2 heterocycles. The van der Waals surface area contributed by atoms with Crippen molar-refractivity contribution in [1.29, 1.82) is 0 Å². The lowest BCUT2D eigenvalue weighted by Gasteiger charge is -2.27. The van der Waals surface area contributed by atoms with Crippen LogP contribution in [0.4, 0.5) is 0 Å². The fourth-order valence-electron chi connectivity index (χ4n) is 2.87. The third-order valence-corrected chi connectivity index (χ3v) is 5.54. The average molecular weight is 371 g/mol. The van der Waals surface area contributed by atoms with Gasteiger partial charge in [0.25, 0.3) is 0 Å². The molecule has 1 saturated heterocycles. The molecule has 0 bridgehead atoms. The number of halogens is 1. The van der Waals surface area contributed by atoms with Crippen molar-refractivity contribution in [3.05, 3.63) is 35.2 Å². The molecule has 1 aromatic carbocycles. The summed E-state index contributed by atoms with van der Waals surface area (Å²) in [5.41, 5.74) is 6.03. The number of fused-ring (bicyclic) bond motifs is 1. The molecule has 7 heteroatoms. The quantitative estimate of drug-likeness (QED) is 0.753. The van der Waals surface area contributed by atoms with Crippen LogP contribution < -0.4 is 11.1 Å². The number of carbonyl (C=O) groups excluding carboxylic acids is 1. The van der Waals surface area contributed by atoms with E-state index in [-0.39, 0.29) is 30.8 Å². The number of aliphatic hydroxyl groups excluding tert-OH is 1. The number of hydrogen-bond acceptors (Lipinski definition) is 5. The molecule has 1 aromatic heterocycles. The SMILES string of the molecule is Cl.NC(C(=O)NCC(O)c1cc2ccccc2s1)C1CCOCC1. The molecule has 0 spiro atoms. The van der Waals surface area contributed by atoms with E-state index < -0.39 is 12.1 Å². The number of aliphatic hydroxyl groups is 1. The van der Waals surface area contributed by atoms with E-state index in [9.17, 15) is 9.90 Å². The second kappa shape index (κ2) is 8.78. The van der Waals surface area contributed by atoms with Gasteiger partial charge in [0.1, 0.15) is 6.10 Å². The molecule has 0 aliphatic carbocycles. The van der Waals surface area contributed by atoms with E-state index in [0.29, 0.717) is 13.2 Å². The van der Waals surface area contributed by atoms with E-state index >= 15 is 0 Å². The van der Waals surface area contributed by atoms with Crippen LogP contribution >= 0.6 is 23.7 Å². The minimum atomic E-state index is -0.710. The van der Waals surface area contributed by atoms with Crippen molar-refractivity contribution >= 4 is 39.7 Å². The zero-order valence-corrected chi connectivity index (χ0v) is 14.9. The molecule has 1 aliphatic rings. The zero-order valence-electron chi connectivity index (χ0n) is 13.3. The van der Waals surface area contributed by atoms with Crippen LogP contribution in [0.5, 0.6) is 0 Å². The zero-order chi connectivity index (χ0) is 16.2. The van der Waals surface area contributed by atoms with Gasteiger partial charge in [0, 0.05) is 29.3 Å². The molecule has 4 N–H and O–H groups in total. The second-order valence-electron chi connectivity index (χ2n) is 5.92. The highest BCUT2D eigenvalue weighted by Gasteiger charge is 2.26. The number of amides is 1. The summed E-state index contributed by atoms with van der Waals surface area (Å²) in [5, 5.41) is 14.2. The Kier molecular flexibility index (Phi) is 7.01. The summed E-state index contributed by atoms with van der Waals surface area (Å²) in [6, 6.07) is 9.42. The fourth-order valence-corrected chi connectivity index (χ4v) is 3.92. The molecule has 1 aliphatic heterocycles. The highest BCUT2D eigenvalue weighted by atomic mass is 35.5. The fraction of sp³-hybridized carbons (Fsp3) is 0.471. The normalized spacial score (nSPS) is 17.9. The van der Waals surface area contributed by atoms with Crippen LogP contribution in [0.1, 0.15) is 23.8 Å². The molecule has 24 heavy (non-hydrogen) atoms. The smallest absolute Gasteiger partial charge is 0.237 e. The van der Waals surface area contributed by atoms with Crippen molar-refractivity contribution in [2.75, 3.05) is 19.8 Å². The van der Waals surface area contributed by atoms with Gasteiger partial charge in [-0.25, -0.2) is 0 Å². The number of nitrogens with one attached hydrogen (secondary N) is 1. The molecule has 0 saturated carbocycles. The van der Waals surface area contributed by atoms with Crippen LogP contribution in [-0.2, 0) is 9.53 Å². The number of thiophene rings is 1. The molecule has 5 nitrogen and oxygen atoms in total. The van der Waals surface area contributed by atoms with Crippen LogP contribution in [-0.4, -0.2) is 36.8 Å². The maximum atomic E-state index is 12.2. The Bertz CT molecular complexity index is 640. The van der Waals surface area contributed by atoms with Crippen LogP contribution in [0.3, 0.4) is 0 Å². The Morgan fingerprint density at radius 1 is 1.38 bits per heavy atom. The largest absolute Gasteiger partial charge is 0.386 e. The minimum absolute atomic E-state index is 0. The Hall–Kier alpha value is -1.18. The summed E-state index contributed by atoms with van der Waals surface area (Å²) in [4.78, 5) is 13.0. The van der Waals surface area contributed by atoms with E-state index in [1.165, 1.54) is 0 Å². The minimum Gasteiger partial charge on any atom is -0.386 e. The maximum absolute atomic E-state index is 12.2. The van der Waals surface area contributed by atoms with Gasteiger partial charge >= 0.3 is 0 Å². The Morgan fingerprint density at radius 3 is 2.79 bits per heavy atom. The number of nitrogens with two attached hydrogens (primary N) is 1. The van der Waals surface area contributed by atoms with E-state index in [0.717, 1.165) is 27.8 Å². The van der Waals surface area contributed by atoms with Crippen LogP contribution in [0.25, 0.3) is 10.1 Å². The average Bonchev–Trinajstić information content (AvgIpc) is 3.03. The van der Waals surface area contributed by atoms with Crippen molar-refractivity contribution in [1.82, 2.24) is 5.32 Å². The topological polar surface area (TPSA) is 84.6 Å².